The number of ether oxygens (including phenoxy) is 2. The molecule has 0 radical (unpaired) electrons. The van der Waals surface area contributed by atoms with Gasteiger partial charge >= 0.3 is 7.12 Å². The monoisotopic (exact) mass is 380 g/mol. The Balaban J connectivity index is 1.87. The van der Waals surface area contributed by atoms with E-state index >= 15 is 0 Å². The predicted octanol–water partition coefficient (Wildman–Crippen LogP) is 3.54. The Morgan fingerprint density at radius 1 is 1.14 bits per heavy atom. The Morgan fingerprint density at radius 3 is 2.39 bits per heavy atom. The van der Waals surface area contributed by atoms with Crippen LogP contribution in [0, 0.1) is 6.57 Å². The molecule has 2 aromatic rings. The fourth-order valence-corrected chi connectivity index (χ4v) is 2.73. The molecule has 0 amide bonds. The summed E-state index contributed by atoms with van der Waals surface area (Å²) in [4.78, 5) is 19.1. The van der Waals surface area contributed by atoms with Crippen molar-refractivity contribution in [2.75, 3.05) is 7.11 Å². The Bertz CT molecular complexity index is 936. The van der Waals surface area contributed by atoms with E-state index in [1.807, 2.05) is 27.7 Å². The number of rotatable bonds is 5. The molecule has 8 heteroatoms. The maximum Gasteiger partial charge on any atom is 0.495 e. The number of aldehydes is 1. The first kappa shape index (κ1) is 19.9. The number of methoxy groups -OCH3 is 1. The van der Waals surface area contributed by atoms with Crippen molar-refractivity contribution in [3.63, 3.8) is 0 Å². The molecule has 0 saturated carbocycles. The van der Waals surface area contributed by atoms with E-state index in [9.17, 15) is 4.79 Å². The molecule has 3 rings (SSSR count). The zero-order valence-electron chi connectivity index (χ0n) is 16.5. The summed E-state index contributed by atoms with van der Waals surface area (Å²) in [6.45, 7) is 14.9. The van der Waals surface area contributed by atoms with Gasteiger partial charge < -0.3 is 18.8 Å². The van der Waals surface area contributed by atoms with Crippen LogP contribution in [-0.4, -0.2) is 36.7 Å². The van der Waals surface area contributed by atoms with Gasteiger partial charge in [0.15, 0.2) is 0 Å². The van der Waals surface area contributed by atoms with Crippen LogP contribution in [-0.2, 0) is 9.31 Å². The molecule has 0 aliphatic carbocycles. The van der Waals surface area contributed by atoms with Crippen LogP contribution in [0.25, 0.3) is 4.85 Å². The Hall–Kier alpha value is -2.89. The fourth-order valence-electron chi connectivity index (χ4n) is 2.73. The number of carbonyl (C=O) groups is 1. The van der Waals surface area contributed by atoms with E-state index in [0.29, 0.717) is 22.5 Å². The molecule has 144 valence electrons. The van der Waals surface area contributed by atoms with E-state index in [1.54, 1.807) is 30.3 Å². The van der Waals surface area contributed by atoms with E-state index in [4.69, 9.17) is 25.4 Å². The third kappa shape index (κ3) is 3.59. The smallest absolute Gasteiger partial charge is 0.490 e. The van der Waals surface area contributed by atoms with E-state index in [1.165, 1.54) is 7.11 Å². The SMILES string of the molecule is [C-]#[N+]c1ccc(Oc2ccc(B3OC(C)(C)C(C)(C)O3)c(C=O)c2)nc1OC. The molecule has 0 unspecified atom stereocenters. The van der Waals surface area contributed by atoms with Crippen molar-refractivity contribution in [2.24, 2.45) is 0 Å². The highest BCUT2D eigenvalue weighted by atomic mass is 16.7. The predicted molar refractivity (Wildman–Crippen MR) is 105 cm³/mol. The molecule has 0 spiro atoms. The maximum atomic E-state index is 11.7. The second-order valence-electron chi connectivity index (χ2n) is 7.39. The average molecular weight is 380 g/mol. The van der Waals surface area contributed by atoms with Crippen LogP contribution in [0.3, 0.4) is 0 Å². The van der Waals surface area contributed by atoms with Crippen molar-refractivity contribution in [1.82, 2.24) is 4.98 Å². The van der Waals surface area contributed by atoms with Gasteiger partial charge in [-0.1, -0.05) is 6.07 Å². The zero-order chi connectivity index (χ0) is 20.5. The van der Waals surface area contributed by atoms with E-state index in [0.717, 1.165) is 6.29 Å². The number of hydrogen-bond donors (Lipinski definition) is 0. The lowest BCUT2D eigenvalue weighted by Gasteiger charge is -2.32. The quantitative estimate of drug-likeness (QED) is 0.449. The number of benzene rings is 1. The normalized spacial score (nSPS) is 17.1. The van der Waals surface area contributed by atoms with E-state index in [-0.39, 0.29) is 11.8 Å². The van der Waals surface area contributed by atoms with Crippen LogP contribution in [0.1, 0.15) is 38.1 Å². The van der Waals surface area contributed by atoms with Crippen LogP contribution >= 0.6 is 0 Å². The van der Waals surface area contributed by atoms with Gasteiger partial charge in [0.05, 0.1) is 24.9 Å². The van der Waals surface area contributed by atoms with Crippen molar-refractivity contribution < 1.29 is 23.6 Å². The molecule has 1 aromatic carbocycles. The zero-order valence-corrected chi connectivity index (χ0v) is 16.5. The van der Waals surface area contributed by atoms with Gasteiger partial charge in [0, 0.05) is 5.56 Å². The molecular weight excluding hydrogens is 359 g/mol. The number of pyridine rings is 1. The summed E-state index contributed by atoms with van der Waals surface area (Å²) in [5, 5.41) is 0. The summed E-state index contributed by atoms with van der Waals surface area (Å²) in [5.74, 6) is 0.855. The van der Waals surface area contributed by atoms with Gasteiger partial charge in [-0.2, -0.15) is 4.98 Å². The minimum Gasteiger partial charge on any atom is -0.490 e. The summed E-state index contributed by atoms with van der Waals surface area (Å²) < 4.78 is 22.9. The van der Waals surface area contributed by atoms with E-state index < -0.39 is 18.3 Å². The molecule has 1 aliphatic heterocycles. The highest BCUT2D eigenvalue weighted by Crippen LogP contribution is 2.37. The minimum absolute atomic E-state index is 0.178. The molecule has 1 saturated heterocycles. The fraction of sp³-hybridized carbons (Fsp3) is 0.350. The Morgan fingerprint density at radius 2 is 1.82 bits per heavy atom. The van der Waals surface area contributed by atoms with Crippen molar-refractivity contribution in [1.29, 1.82) is 0 Å². The molecule has 1 fully saturated rings. The van der Waals surface area contributed by atoms with Gasteiger partial charge in [-0.3, -0.25) is 4.79 Å². The molecule has 2 heterocycles. The number of aromatic nitrogens is 1. The summed E-state index contributed by atoms with van der Waals surface area (Å²) >= 11 is 0. The first-order valence-corrected chi connectivity index (χ1v) is 8.76. The van der Waals surface area contributed by atoms with Gasteiger partial charge in [-0.15, -0.1) is 0 Å². The van der Waals surface area contributed by atoms with Crippen LogP contribution in [0.2, 0.25) is 0 Å². The van der Waals surface area contributed by atoms with Gasteiger partial charge in [-0.25, -0.2) is 4.85 Å². The lowest BCUT2D eigenvalue weighted by molar-refractivity contribution is 0.00578. The largest absolute Gasteiger partial charge is 0.495 e. The van der Waals surface area contributed by atoms with Gasteiger partial charge in [0.2, 0.25) is 17.4 Å². The Kier molecular flexibility index (Phi) is 5.15. The average Bonchev–Trinajstić information content (AvgIpc) is 2.88. The van der Waals surface area contributed by atoms with Crippen LogP contribution in [0.15, 0.2) is 30.3 Å². The molecular formula is C20H21BN2O5. The topological polar surface area (TPSA) is 71.2 Å². The first-order valence-electron chi connectivity index (χ1n) is 8.76. The summed E-state index contributed by atoms with van der Waals surface area (Å²) in [7, 11) is 0.792. The lowest BCUT2D eigenvalue weighted by Crippen LogP contribution is -2.41. The molecule has 0 bridgehead atoms. The maximum absolute atomic E-state index is 11.7. The lowest BCUT2D eigenvalue weighted by atomic mass is 9.76. The second-order valence-corrected chi connectivity index (χ2v) is 7.39. The number of hydrogen-bond acceptors (Lipinski definition) is 6. The van der Waals surface area contributed by atoms with Crippen molar-refractivity contribution in [3.05, 3.63) is 47.3 Å². The molecule has 1 aromatic heterocycles. The molecule has 28 heavy (non-hydrogen) atoms. The van der Waals surface area contributed by atoms with Gasteiger partial charge in [0.1, 0.15) is 12.0 Å². The van der Waals surface area contributed by atoms with Crippen molar-refractivity contribution in [3.8, 4) is 17.5 Å². The molecule has 7 nitrogen and oxygen atoms in total. The number of carbonyl (C=O) groups excluding carboxylic acids is 1. The minimum atomic E-state index is -0.643. The van der Waals surface area contributed by atoms with Crippen LogP contribution in [0.4, 0.5) is 5.69 Å². The Labute approximate surface area is 164 Å². The first-order chi connectivity index (χ1) is 13.2. The van der Waals surface area contributed by atoms with Crippen LogP contribution in [0.5, 0.6) is 17.5 Å². The van der Waals surface area contributed by atoms with Crippen LogP contribution < -0.4 is 14.9 Å². The van der Waals surface area contributed by atoms with Crippen molar-refractivity contribution in [2.45, 2.75) is 38.9 Å². The third-order valence-electron chi connectivity index (χ3n) is 5.04. The summed E-state index contributed by atoms with van der Waals surface area (Å²) in [6.07, 6.45) is 0.739. The highest BCUT2D eigenvalue weighted by molar-refractivity contribution is 6.63. The number of nitrogens with zero attached hydrogens (tertiary/aromatic N) is 2. The molecule has 1 aliphatic rings. The van der Waals surface area contributed by atoms with Crippen molar-refractivity contribution >= 4 is 24.6 Å². The summed E-state index contributed by atoms with van der Waals surface area (Å²) in [6, 6.07) is 8.19. The standard InChI is InChI=1S/C20H21BN2O5/c1-19(2)20(3,4)28-21(27-19)15-8-7-14(11-13(15)12-24)26-17-10-9-16(22-5)18(23-17)25-6/h7-12H,1-4,6H3. The highest BCUT2D eigenvalue weighted by Gasteiger charge is 2.52. The van der Waals surface area contributed by atoms with E-state index in [2.05, 4.69) is 9.83 Å². The molecule has 0 N–H and O–H groups in total. The third-order valence-corrected chi connectivity index (χ3v) is 5.04. The second kappa shape index (κ2) is 7.26. The summed E-state index contributed by atoms with van der Waals surface area (Å²) in [5.41, 5.74) is 0.325. The molecule has 0 atom stereocenters. The van der Waals surface area contributed by atoms with Gasteiger partial charge in [-0.05, 0) is 57.4 Å². The van der Waals surface area contributed by atoms with Gasteiger partial charge in [0.25, 0.3) is 0 Å².